The van der Waals surface area contributed by atoms with Crippen molar-refractivity contribution in [3.05, 3.63) is 35.5 Å². The van der Waals surface area contributed by atoms with Gasteiger partial charge in [0.05, 0.1) is 12.8 Å². The Morgan fingerprint density at radius 1 is 1.25 bits per heavy atom. The molecule has 0 radical (unpaired) electrons. The Labute approximate surface area is 167 Å². The van der Waals surface area contributed by atoms with Gasteiger partial charge in [-0.15, -0.1) is 0 Å². The zero-order valence-electron chi connectivity index (χ0n) is 17.5. The number of rotatable bonds is 7. The molecule has 0 unspecified atom stereocenters. The van der Waals surface area contributed by atoms with Crippen LogP contribution in [0.15, 0.2) is 24.3 Å². The van der Waals surface area contributed by atoms with Crippen LogP contribution in [0, 0.1) is 13.8 Å². The summed E-state index contributed by atoms with van der Waals surface area (Å²) in [6.45, 7) is 10.5. The second-order valence-corrected chi connectivity index (χ2v) is 7.20. The fourth-order valence-electron chi connectivity index (χ4n) is 3.66. The molecule has 2 aromatic rings. The van der Waals surface area contributed by atoms with Gasteiger partial charge in [-0.05, 0) is 57.0 Å². The van der Waals surface area contributed by atoms with Gasteiger partial charge >= 0.3 is 0 Å². The first-order valence-corrected chi connectivity index (χ1v) is 9.97. The van der Waals surface area contributed by atoms with E-state index in [1.807, 2.05) is 36.9 Å². The number of anilines is 4. The van der Waals surface area contributed by atoms with Gasteiger partial charge in [-0.1, -0.05) is 13.3 Å². The van der Waals surface area contributed by atoms with Crippen LogP contribution >= 0.6 is 0 Å². The molecule has 150 valence electrons. The number of aryl methyl sites for hydroxylation is 2. The summed E-state index contributed by atoms with van der Waals surface area (Å²) in [6, 6.07) is 7.97. The smallest absolute Gasteiger partial charge is 0.244 e. The van der Waals surface area contributed by atoms with Crippen molar-refractivity contribution in [2.24, 2.45) is 0 Å². The monoisotopic (exact) mass is 382 g/mol. The number of pyridine rings is 1. The van der Waals surface area contributed by atoms with Crippen molar-refractivity contribution in [3.63, 3.8) is 0 Å². The number of nitrogens with one attached hydrogen (secondary N) is 1. The van der Waals surface area contributed by atoms with Gasteiger partial charge in [0.25, 0.3) is 0 Å². The maximum absolute atomic E-state index is 12.6. The van der Waals surface area contributed by atoms with Crippen LogP contribution in [-0.4, -0.2) is 37.6 Å². The molecule has 3 rings (SSSR count). The summed E-state index contributed by atoms with van der Waals surface area (Å²) in [4.78, 5) is 21.7. The third kappa shape index (κ3) is 3.91. The number of aromatic nitrogens is 1. The van der Waals surface area contributed by atoms with E-state index < -0.39 is 0 Å². The van der Waals surface area contributed by atoms with Crippen molar-refractivity contribution < 1.29 is 9.53 Å². The van der Waals surface area contributed by atoms with Crippen LogP contribution in [0.2, 0.25) is 0 Å². The summed E-state index contributed by atoms with van der Waals surface area (Å²) in [5.41, 5.74) is 4.80. The molecule has 1 aromatic carbocycles. The molecule has 0 fully saturated rings. The molecular formula is C22H30N4O2. The number of amides is 1. The van der Waals surface area contributed by atoms with Crippen LogP contribution in [-0.2, 0) is 4.79 Å². The predicted molar refractivity (Wildman–Crippen MR) is 115 cm³/mol. The number of fused-ring (bicyclic) bond motifs is 1. The number of unbranched alkanes of at least 4 members (excludes halogenated alkanes) is 1. The number of nitrogens with zero attached hydrogens (tertiary/aromatic N) is 3. The van der Waals surface area contributed by atoms with Crippen molar-refractivity contribution in [3.8, 4) is 5.75 Å². The van der Waals surface area contributed by atoms with Crippen molar-refractivity contribution in [1.29, 1.82) is 0 Å². The Hall–Kier alpha value is -2.76. The fourth-order valence-corrected chi connectivity index (χ4v) is 3.66. The Morgan fingerprint density at radius 3 is 2.68 bits per heavy atom. The minimum atomic E-state index is -0.0267. The summed E-state index contributed by atoms with van der Waals surface area (Å²) >= 11 is 0. The molecule has 0 bridgehead atoms. The quantitative estimate of drug-likeness (QED) is 0.768. The van der Waals surface area contributed by atoms with E-state index in [4.69, 9.17) is 9.72 Å². The van der Waals surface area contributed by atoms with E-state index in [0.717, 1.165) is 65.8 Å². The molecule has 1 amide bonds. The topological polar surface area (TPSA) is 57.7 Å². The lowest BCUT2D eigenvalue weighted by Crippen LogP contribution is -2.37. The van der Waals surface area contributed by atoms with Crippen LogP contribution in [0.3, 0.4) is 0 Å². The fraction of sp³-hybridized carbons (Fsp3) is 0.455. The SMILES string of the molecule is CCCCN(CC)c1cc(C)nc2c1NC(=O)CN2c1ccc(OC)cc1C. The van der Waals surface area contributed by atoms with Crippen LogP contribution in [0.1, 0.15) is 37.9 Å². The van der Waals surface area contributed by atoms with Crippen LogP contribution in [0.4, 0.5) is 22.9 Å². The van der Waals surface area contributed by atoms with E-state index in [9.17, 15) is 4.79 Å². The first kappa shape index (κ1) is 20.0. The van der Waals surface area contributed by atoms with Crippen molar-refractivity contribution in [1.82, 2.24) is 4.98 Å². The molecule has 0 saturated heterocycles. The summed E-state index contributed by atoms with van der Waals surface area (Å²) in [6.07, 6.45) is 2.24. The normalized spacial score (nSPS) is 13.2. The van der Waals surface area contributed by atoms with Crippen molar-refractivity contribution >= 4 is 28.8 Å². The van der Waals surface area contributed by atoms with E-state index in [1.54, 1.807) is 7.11 Å². The third-order valence-corrected chi connectivity index (χ3v) is 5.13. The molecular weight excluding hydrogens is 352 g/mol. The molecule has 28 heavy (non-hydrogen) atoms. The van der Waals surface area contributed by atoms with Crippen molar-refractivity contribution in [2.75, 3.05) is 41.9 Å². The van der Waals surface area contributed by atoms with Crippen LogP contribution in [0.5, 0.6) is 5.75 Å². The standard InChI is InChI=1S/C22H30N4O2/c1-6-8-11-25(7-2)19-13-16(4)23-22-21(19)24-20(27)14-26(22)18-10-9-17(28-5)12-15(18)3/h9-10,12-13H,6-8,11,14H2,1-5H3,(H,24,27). The second kappa shape index (κ2) is 8.50. The van der Waals surface area contributed by atoms with Gasteiger partial charge < -0.3 is 19.9 Å². The molecule has 6 nitrogen and oxygen atoms in total. The number of hydrogen-bond acceptors (Lipinski definition) is 5. The highest BCUT2D eigenvalue weighted by molar-refractivity contribution is 6.06. The average Bonchev–Trinajstić information content (AvgIpc) is 2.68. The predicted octanol–water partition coefficient (Wildman–Crippen LogP) is 4.42. The lowest BCUT2D eigenvalue weighted by Gasteiger charge is -2.35. The number of hydrogen-bond donors (Lipinski definition) is 1. The maximum atomic E-state index is 12.6. The van der Waals surface area contributed by atoms with Gasteiger partial charge in [0.15, 0.2) is 5.82 Å². The Balaban J connectivity index is 2.11. The lowest BCUT2D eigenvalue weighted by molar-refractivity contribution is -0.115. The van der Waals surface area contributed by atoms with Gasteiger partial charge in [0.2, 0.25) is 5.91 Å². The highest BCUT2D eigenvalue weighted by Crippen LogP contribution is 2.41. The van der Waals surface area contributed by atoms with E-state index in [2.05, 4.69) is 30.1 Å². The zero-order valence-corrected chi connectivity index (χ0v) is 17.5. The molecule has 0 spiro atoms. The van der Waals surface area contributed by atoms with Crippen molar-refractivity contribution in [2.45, 2.75) is 40.5 Å². The summed E-state index contributed by atoms with van der Waals surface area (Å²) < 4.78 is 5.33. The number of methoxy groups -OCH3 is 1. The van der Waals surface area contributed by atoms with E-state index in [0.29, 0.717) is 0 Å². The first-order chi connectivity index (χ1) is 13.5. The number of ether oxygens (including phenoxy) is 1. The molecule has 0 aliphatic carbocycles. The molecule has 2 heterocycles. The minimum Gasteiger partial charge on any atom is -0.497 e. The van der Waals surface area contributed by atoms with E-state index in [1.165, 1.54) is 0 Å². The van der Waals surface area contributed by atoms with E-state index in [-0.39, 0.29) is 12.5 Å². The lowest BCUT2D eigenvalue weighted by atomic mass is 10.1. The second-order valence-electron chi connectivity index (χ2n) is 7.20. The molecule has 1 aliphatic heterocycles. The third-order valence-electron chi connectivity index (χ3n) is 5.13. The van der Waals surface area contributed by atoms with Gasteiger partial charge in [-0.2, -0.15) is 0 Å². The first-order valence-electron chi connectivity index (χ1n) is 9.97. The highest BCUT2D eigenvalue weighted by Gasteiger charge is 2.29. The summed E-state index contributed by atoms with van der Waals surface area (Å²) in [5.74, 6) is 1.58. The Kier molecular flexibility index (Phi) is 6.07. The minimum absolute atomic E-state index is 0.0267. The highest BCUT2D eigenvalue weighted by atomic mass is 16.5. The van der Waals surface area contributed by atoms with E-state index >= 15 is 0 Å². The molecule has 0 atom stereocenters. The summed E-state index contributed by atoms with van der Waals surface area (Å²) in [5, 5.41) is 3.08. The Bertz CT molecular complexity index is 866. The molecule has 6 heteroatoms. The molecule has 1 N–H and O–H groups in total. The average molecular weight is 383 g/mol. The van der Waals surface area contributed by atoms with Gasteiger partial charge in [-0.25, -0.2) is 4.98 Å². The van der Waals surface area contributed by atoms with Crippen LogP contribution < -0.4 is 19.9 Å². The number of carbonyl (C=O) groups excluding carboxylic acids is 1. The summed E-state index contributed by atoms with van der Waals surface area (Å²) in [7, 11) is 1.66. The molecule has 0 saturated carbocycles. The van der Waals surface area contributed by atoms with Gasteiger partial charge in [0.1, 0.15) is 18.0 Å². The number of benzene rings is 1. The molecule has 1 aliphatic rings. The van der Waals surface area contributed by atoms with Gasteiger partial charge in [-0.3, -0.25) is 4.79 Å². The zero-order chi connectivity index (χ0) is 20.3. The van der Waals surface area contributed by atoms with Gasteiger partial charge in [0, 0.05) is 24.5 Å². The Morgan fingerprint density at radius 2 is 2.04 bits per heavy atom. The molecule has 1 aromatic heterocycles. The maximum Gasteiger partial charge on any atom is 0.244 e. The number of carbonyl (C=O) groups is 1. The largest absolute Gasteiger partial charge is 0.497 e. The van der Waals surface area contributed by atoms with Crippen LogP contribution in [0.25, 0.3) is 0 Å².